The Balaban J connectivity index is 2.01. The minimum absolute atomic E-state index is 0.00853. The van der Waals surface area contributed by atoms with Crippen LogP contribution in [-0.2, 0) is 17.6 Å². The third-order valence-corrected chi connectivity index (χ3v) is 4.84. The standard InChI is InChI=1S/C24H17F5NO2/c1-2-3-4-14-5-7-15(8-6-14)21-20(31)12-19(26)22(23(21)27)24(28,29)32-17-10-9-16(13-30)18(25)11-17/h5-12H,2-4H2,1H3. The Morgan fingerprint density at radius 2 is 1.69 bits per heavy atom. The van der Waals surface area contributed by atoms with E-state index in [2.05, 4.69) is 4.74 Å². The maximum Gasteiger partial charge on any atom is 0.432 e. The molecule has 0 aliphatic heterocycles. The monoisotopic (exact) mass is 446 g/mol. The summed E-state index contributed by atoms with van der Waals surface area (Å²) >= 11 is 0. The van der Waals surface area contributed by atoms with E-state index in [1.807, 2.05) is 6.92 Å². The van der Waals surface area contributed by atoms with Gasteiger partial charge in [-0.05, 0) is 36.1 Å². The van der Waals surface area contributed by atoms with Crippen molar-refractivity contribution >= 4 is 0 Å². The van der Waals surface area contributed by atoms with E-state index in [9.17, 15) is 22.7 Å². The van der Waals surface area contributed by atoms with Gasteiger partial charge in [0.1, 0.15) is 29.0 Å². The topological polar surface area (TPSA) is 52.9 Å². The Kier molecular flexibility index (Phi) is 6.68. The molecule has 3 aromatic carbocycles. The van der Waals surface area contributed by atoms with E-state index < -0.39 is 51.7 Å². The van der Waals surface area contributed by atoms with Crippen LogP contribution in [0.4, 0.5) is 22.0 Å². The van der Waals surface area contributed by atoms with Gasteiger partial charge in [0.15, 0.2) is 11.6 Å². The van der Waals surface area contributed by atoms with Gasteiger partial charge in [-0.2, -0.15) is 14.0 Å². The summed E-state index contributed by atoms with van der Waals surface area (Å²) < 4.78 is 76.8. The number of hydrogen-bond donors (Lipinski definition) is 0. The zero-order valence-electron chi connectivity index (χ0n) is 16.9. The molecule has 0 aliphatic carbocycles. The molecule has 0 aromatic heterocycles. The molecular formula is C24H17F5NO2. The summed E-state index contributed by atoms with van der Waals surface area (Å²) in [6.07, 6.45) is -1.94. The summed E-state index contributed by atoms with van der Waals surface area (Å²) in [5.74, 6) is -6.56. The van der Waals surface area contributed by atoms with Gasteiger partial charge in [0, 0.05) is 12.1 Å². The number of nitrogens with zero attached hydrogens (tertiary/aromatic N) is 1. The van der Waals surface area contributed by atoms with Crippen molar-refractivity contribution in [3.8, 4) is 28.7 Å². The van der Waals surface area contributed by atoms with Gasteiger partial charge < -0.3 is 4.74 Å². The van der Waals surface area contributed by atoms with Crippen molar-refractivity contribution < 1.29 is 31.8 Å². The number of aryl methyl sites for hydroxylation is 1. The highest BCUT2D eigenvalue weighted by Gasteiger charge is 2.43. The zero-order valence-corrected chi connectivity index (χ0v) is 16.9. The van der Waals surface area contributed by atoms with E-state index in [-0.39, 0.29) is 11.6 Å². The molecule has 0 saturated heterocycles. The number of alkyl halides is 2. The van der Waals surface area contributed by atoms with Crippen LogP contribution in [0, 0.1) is 28.8 Å². The molecule has 0 unspecified atom stereocenters. The van der Waals surface area contributed by atoms with E-state index >= 15 is 4.39 Å². The third kappa shape index (κ3) is 4.67. The first-order valence-electron chi connectivity index (χ1n) is 9.73. The van der Waals surface area contributed by atoms with E-state index in [4.69, 9.17) is 5.26 Å². The van der Waals surface area contributed by atoms with Crippen LogP contribution in [-0.4, -0.2) is 0 Å². The Labute approximate surface area is 181 Å². The van der Waals surface area contributed by atoms with Gasteiger partial charge in [-0.15, -0.1) is 0 Å². The molecule has 0 spiro atoms. The number of unbranched alkanes of at least 4 members (excludes halogenated alkanes) is 1. The van der Waals surface area contributed by atoms with Gasteiger partial charge in [0.05, 0.1) is 11.1 Å². The minimum Gasteiger partial charge on any atom is -0.429 e. The molecule has 0 aliphatic rings. The van der Waals surface area contributed by atoms with Gasteiger partial charge in [0.25, 0.3) is 0 Å². The molecule has 0 N–H and O–H groups in total. The first-order valence-corrected chi connectivity index (χ1v) is 9.73. The van der Waals surface area contributed by atoms with E-state index in [0.29, 0.717) is 6.07 Å². The van der Waals surface area contributed by atoms with Crippen LogP contribution >= 0.6 is 0 Å². The molecule has 0 bridgehead atoms. The van der Waals surface area contributed by atoms with Gasteiger partial charge in [-0.25, -0.2) is 13.2 Å². The van der Waals surface area contributed by atoms with Gasteiger partial charge in [0.2, 0.25) is 0 Å². The number of hydrogen-bond acceptors (Lipinski definition) is 2. The van der Waals surface area contributed by atoms with Crippen molar-refractivity contribution in [2.45, 2.75) is 32.3 Å². The average molecular weight is 446 g/mol. The lowest BCUT2D eigenvalue weighted by Gasteiger charge is -2.21. The van der Waals surface area contributed by atoms with Crippen LogP contribution in [0.25, 0.3) is 11.1 Å². The predicted molar refractivity (Wildman–Crippen MR) is 106 cm³/mol. The highest BCUT2D eigenvalue weighted by Crippen LogP contribution is 2.42. The van der Waals surface area contributed by atoms with Crippen LogP contribution in [0.5, 0.6) is 11.5 Å². The summed E-state index contributed by atoms with van der Waals surface area (Å²) in [6.45, 7) is 2.02. The summed E-state index contributed by atoms with van der Waals surface area (Å²) in [4.78, 5) is 0. The molecule has 3 aromatic rings. The lowest BCUT2D eigenvalue weighted by Crippen LogP contribution is -2.25. The largest absolute Gasteiger partial charge is 0.432 e. The van der Waals surface area contributed by atoms with Crippen LogP contribution in [0.3, 0.4) is 0 Å². The normalized spacial score (nSPS) is 11.3. The molecule has 0 saturated carbocycles. The van der Waals surface area contributed by atoms with Gasteiger partial charge in [-0.3, -0.25) is 5.11 Å². The molecule has 8 heteroatoms. The Hall–Kier alpha value is -3.60. The Bertz CT molecular complexity index is 1170. The van der Waals surface area contributed by atoms with E-state index in [1.54, 1.807) is 12.1 Å². The van der Waals surface area contributed by atoms with Crippen molar-refractivity contribution in [2.75, 3.05) is 0 Å². The van der Waals surface area contributed by atoms with Gasteiger partial charge >= 0.3 is 6.11 Å². The second-order valence-electron chi connectivity index (χ2n) is 7.09. The van der Waals surface area contributed by atoms with Crippen LogP contribution in [0.2, 0.25) is 0 Å². The van der Waals surface area contributed by atoms with Crippen molar-refractivity contribution in [1.82, 2.24) is 0 Å². The third-order valence-electron chi connectivity index (χ3n) is 4.84. The minimum atomic E-state index is -4.57. The molecule has 0 fully saturated rings. The fourth-order valence-electron chi connectivity index (χ4n) is 3.20. The molecule has 32 heavy (non-hydrogen) atoms. The fraction of sp³-hybridized carbons (Fsp3) is 0.208. The highest BCUT2D eigenvalue weighted by atomic mass is 19.3. The molecule has 1 radical (unpaired) electrons. The second kappa shape index (κ2) is 9.27. The lowest BCUT2D eigenvalue weighted by atomic mass is 9.97. The smallest absolute Gasteiger partial charge is 0.429 e. The average Bonchev–Trinajstić information content (AvgIpc) is 2.72. The summed E-state index contributed by atoms with van der Waals surface area (Å²) in [6, 6.07) is 10.1. The number of ether oxygens (including phenoxy) is 1. The number of benzene rings is 3. The highest BCUT2D eigenvalue weighted by molar-refractivity contribution is 5.72. The molecule has 0 atom stereocenters. The molecule has 165 valence electrons. The Morgan fingerprint density at radius 3 is 2.28 bits per heavy atom. The summed E-state index contributed by atoms with van der Waals surface area (Å²) in [7, 11) is 0. The predicted octanol–water partition coefficient (Wildman–Crippen LogP) is 7.26. The van der Waals surface area contributed by atoms with Crippen LogP contribution in [0.1, 0.15) is 36.5 Å². The first kappa shape index (κ1) is 23.1. The maximum atomic E-state index is 15.1. The van der Waals surface area contributed by atoms with Crippen LogP contribution in [0.15, 0.2) is 48.5 Å². The summed E-state index contributed by atoms with van der Waals surface area (Å²) in [5.41, 5.74) is -1.99. The zero-order chi connectivity index (χ0) is 23.5. The second-order valence-corrected chi connectivity index (χ2v) is 7.09. The quantitative estimate of drug-likeness (QED) is 0.359. The molecule has 3 rings (SSSR count). The maximum absolute atomic E-state index is 15.1. The number of rotatable bonds is 7. The molecule has 0 amide bonds. The number of halogens is 5. The van der Waals surface area contributed by atoms with E-state index in [1.165, 1.54) is 18.2 Å². The van der Waals surface area contributed by atoms with E-state index in [0.717, 1.165) is 37.0 Å². The van der Waals surface area contributed by atoms with Crippen LogP contribution < -0.4 is 4.74 Å². The first-order chi connectivity index (χ1) is 15.2. The molecular weight excluding hydrogens is 429 g/mol. The summed E-state index contributed by atoms with van der Waals surface area (Å²) in [5, 5.41) is 20.9. The molecule has 0 heterocycles. The molecule has 3 nitrogen and oxygen atoms in total. The Morgan fingerprint density at radius 1 is 1.00 bits per heavy atom. The van der Waals surface area contributed by atoms with Gasteiger partial charge in [-0.1, -0.05) is 37.6 Å². The van der Waals surface area contributed by atoms with Crippen molar-refractivity contribution in [3.63, 3.8) is 0 Å². The lowest BCUT2D eigenvalue weighted by molar-refractivity contribution is -0.189. The SMILES string of the molecule is CCCCc1ccc(-c2c([O])cc(F)c(C(F)(F)Oc3ccc(C#N)c(F)c3)c2F)cc1. The number of nitriles is 1. The van der Waals surface area contributed by atoms with Crippen molar-refractivity contribution in [3.05, 3.63) is 82.7 Å². The van der Waals surface area contributed by atoms with Crippen molar-refractivity contribution in [1.29, 1.82) is 5.26 Å². The fourth-order valence-corrected chi connectivity index (χ4v) is 3.20. The van der Waals surface area contributed by atoms with Crippen molar-refractivity contribution in [2.24, 2.45) is 0 Å².